The molecule has 0 spiro atoms. The monoisotopic (exact) mass is 408 g/mol. The summed E-state index contributed by atoms with van der Waals surface area (Å²) < 4.78 is 7.04. The van der Waals surface area contributed by atoms with Gasteiger partial charge in [0.2, 0.25) is 5.78 Å². The second-order valence-corrected chi connectivity index (χ2v) is 7.98. The first kappa shape index (κ1) is 18.2. The first-order valence-corrected chi connectivity index (χ1v) is 10.2. The van der Waals surface area contributed by atoms with Crippen LogP contribution in [-0.4, -0.2) is 17.3 Å². The SMILES string of the molecule is COc1ccc(-c2ccc(C(=O)c3cc(C#N)c4c5ccccc5ccn34)s2)cc1. The van der Waals surface area contributed by atoms with Crippen LogP contribution in [0.4, 0.5) is 0 Å². The summed E-state index contributed by atoms with van der Waals surface area (Å²) in [6.07, 6.45) is 1.86. The molecule has 0 amide bonds. The Labute approximate surface area is 177 Å². The topological polar surface area (TPSA) is 54.5 Å². The molecule has 4 nitrogen and oxygen atoms in total. The summed E-state index contributed by atoms with van der Waals surface area (Å²) in [5, 5.41) is 11.7. The fraction of sp³-hybridized carbons (Fsp3) is 0.0400. The fourth-order valence-electron chi connectivity index (χ4n) is 3.72. The van der Waals surface area contributed by atoms with Crippen LogP contribution in [0.15, 0.2) is 79.0 Å². The maximum atomic E-state index is 13.3. The zero-order valence-corrected chi connectivity index (χ0v) is 16.9. The minimum Gasteiger partial charge on any atom is -0.497 e. The number of rotatable bonds is 4. The van der Waals surface area contributed by atoms with Gasteiger partial charge in [-0.05, 0) is 59.5 Å². The zero-order chi connectivity index (χ0) is 20.7. The number of fused-ring (bicyclic) bond motifs is 3. The lowest BCUT2D eigenvalue weighted by Gasteiger charge is -2.05. The molecule has 0 unspecified atom stereocenters. The van der Waals surface area contributed by atoms with Crippen molar-refractivity contribution >= 4 is 33.4 Å². The van der Waals surface area contributed by atoms with Crippen LogP contribution >= 0.6 is 11.3 Å². The predicted octanol–water partition coefficient (Wildman–Crippen LogP) is 5.93. The molecule has 3 aromatic heterocycles. The lowest BCUT2D eigenvalue weighted by atomic mass is 10.1. The van der Waals surface area contributed by atoms with Gasteiger partial charge in [0, 0.05) is 16.5 Å². The molecule has 3 heterocycles. The lowest BCUT2D eigenvalue weighted by Crippen LogP contribution is -2.03. The van der Waals surface area contributed by atoms with E-state index in [9.17, 15) is 10.1 Å². The Morgan fingerprint density at radius 1 is 1.03 bits per heavy atom. The number of nitriles is 1. The highest BCUT2D eigenvalue weighted by molar-refractivity contribution is 7.17. The van der Waals surface area contributed by atoms with Gasteiger partial charge in [0.05, 0.1) is 28.8 Å². The zero-order valence-electron chi connectivity index (χ0n) is 16.1. The number of methoxy groups -OCH3 is 1. The van der Waals surface area contributed by atoms with Crippen LogP contribution in [0.1, 0.15) is 20.9 Å². The average molecular weight is 408 g/mol. The number of carbonyl (C=O) groups excluding carboxylic acids is 1. The van der Waals surface area contributed by atoms with Gasteiger partial charge in [-0.3, -0.25) is 4.79 Å². The van der Waals surface area contributed by atoms with Crippen molar-refractivity contribution in [2.45, 2.75) is 0 Å². The Morgan fingerprint density at radius 3 is 2.60 bits per heavy atom. The Morgan fingerprint density at radius 2 is 1.83 bits per heavy atom. The lowest BCUT2D eigenvalue weighted by molar-refractivity contribution is 0.103. The van der Waals surface area contributed by atoms with E-state index in [0.29, 0.717) is 16.1 Å². The van der Waals surface area contributed by atoms with Crippen molar-refractivity contribution in [3.63, 3.8) is 0 Å². The molecule has 144 valence electrons. The highest BCUT2D eigenvalue weighted by atomic mass is 32.1. The smallest absolute Gasteiger partial charge is 0.219 e. The third-order valence-electron chi connectivity index (χ3n) is 5.21. The van der Waals surface area contributed by atoms with Gasteiger partial charge in [0.15, 0.2) is 0 Å². The number of hydrogen-bond donors (Lipinski definition) is 0. The van der Waals surface area contributed by atoms with Gasteiger partial charge in [-0.1, -0.05) is 24.3 Å². The Balaban J connectivity index is 1.59. The van der Waals surface area contributed by atoms with Crippen LogP contribution in [0.3, 0.4) is 0 Å². The third-order valence-corrected chi connectivity index (χ3v) is 6.35. The number of nitrogens with zero attached hydrogens (tertiary/aromatic N) is 2. The first-order chi connectivity index (χ1) is 14.7. The van der Waals surface area contributed by atoms with Gasteiger partial charge < -0.3 is 9.14 Å². The summed E-state index contributed by atoms with van der Waals surface area (Å²) in [5.74, 6) is 0.703. The van der Waals surface area contributed by atoms with Gasteiger partial charge in [0.25, 0.3) is 0 Å². The fourth-order valence-corrected chi connectivity index (χ4v) is 4.68. The predicted molar refractivity (Wildman–Crippen MR) is 119 cm³/mol. The van der Waals surface area contributed by atoms with E-state index in [-0.39, 0.29) is 5.78 Å². The maximum absolute atomic E-state index is 13.3. The molecule has 5 aromatic rings. The Hall–Kier alpha value is -3.88. The van der Waals surface area contributed by atoms with E-state index >= 15 is 0 Å². The summed E-state index contributed by atoms with van der Waals surface area (Å²) in [6, 6.07) is 25.4. The molecule has 0 saturated carbocycles. The van der Waals surface area contributed by atoms with Crippen molar-refractivity contribution in [3.8, 4) is 22.3 Å². The summed E-state index contributed by atoms with van der Waals surface area (Å²) >= 11 is 1.44. The largest absolute Gasteiger partial charge is 0.497 e. The Kier molecular flexibility index (Phi) is 4.35. The van der Waals surface area contributed by atoms with Crippen molar-refractivity contribution in [1.29, 1.82) is 5.26 Å². The molecular formula is C25H16N2O2S. The molecule has 0 N–H and O–H groups in total. The first-order valence-electron chi connectivity index (χ1n) is 9.41. The molecule has 5 heteroatoms. The molecule has 0 aliphatic carbocycles. The average Bonchev–Trinajstić information content (AvgIpc) is 3.44. The second kappa shape index (κ2) is 7.18. The third kappa shape index (κ3) is 2.86. The van der Waals surface area contributed by atoms with Crippen LogP contribution in [0.2, 0.25) is 0 Å². The Bertz CT molecular complexity index is 1450. The van der Waals surface area contributed by atoms with Gasteiger partial charge >= 0.3 is 0 Å². The van der Waals surface area contributed by atoms with Crippen molar-refractivity contribution in [2.75, 3.05) is 7.11 Å². The van der Waals surface area contributed by atoms with Crippen LogP contribution in [0.25, 0.3) is 26.7 Å². The van der Waals surface area contributed by atoms with E-state index in [1.807, 2.05) is 77.3 Å². The molecular weight excluding hydrogens is 392 g/mol. The quantitative estimate of drug-likeness (QED) is 0.346. The highest BCUT2D eigenvalue weighted by Gasteiger charge is 2.20. The van der Waals surface area contributed by atoms with Crippen LogP contribution < -0.4 is 4.74 Å². The van der Waals surface area contributed by atoms with Crippen LogP contribution in [0, 0.1) is 11.3 Å². The number of carbonyl (C=O) groups is 1. The number of aromatic nitrogens is 1. The van der Waals surface area contributed by atoms with E-state index in [1.165, 1.54) is 11.3 Å². The van der Waals surface area contributed by atoms with Crippen molar-refractivity contribution in [1.82, 2.24) is 4.40 Å². The normalized spacial score (nSPS) is 10.9. The molecule has 0 saturated heterocycles. The number of pyridine rings is 1. The van der Waals surface area contributed by atoms with E-state index in [4.69, 9.17) is 4.74 Å². The minimum absolute atomic E-state index is 0.0912. The minimum atomic E-state index is -0.0912. The van der Waals surface area contributed by atoms with Gasteiger partial charge in [-0.25, -0.2) is 0 Å². The number of thiophene rings is 1. The number of benzene rings is 2. The molecule has 2 aromatic carbocycles. The molecule has 0 atom stereocenters. The maximum Gasteiger partial charge on any atom is 0.219 e. The number of ketones is 1. The van der Waals surface area contributed by atoms with Crippen molar-refractivity contribution < 1.29 is 9.53 Å². The molecule has 0 aliphatic rings. The highest BCUT2D eigenvalue weighted by Crippen LogP contribution is 2.32. The summed E-state index contributed by atoms with van der Waals surface area (Å²) in [5.41, 5.74) is 2.80. The van der Waals surface area contributed by atoms with Crippen LogP contribution in [-0.2, 0) is 0 Å². The number of hydrogen-bond acceptors (Lipinski definition) is 4. The molecule has 5 rings (SSSR count). The summed E-state index contributed by atoms with van der Waals surface area (Å²) in [7, 11) is 1.64. The molecule has 0 bridgehead atoms. The van der Waals surface area contributed by atoms with E-state index in [2.05, 4.69) is 6.07 Å². The number of ether oxygens (including phenoxy) is 1. The second-order valence-electron chi connectivity index (χ2n) is 6.90. The molecule has 0 fully saturated rings. The molecule has 30 heavy (non-hydrogen) atoms. The summed E-state index contributed by atoms with van der Waals surface area (Å²) in [4.78, 5) is 15.0. The van der Waals surface area contributed by atoms with Gasteiger partial charge in [-0.2, -0.15) is 5.26 Å². The van der Waals surface area contributed by atoms with E-state index < -0.39 is 0 Å². The molecule has 0 aliphatic heterocycles. The summed E-state index contributed by atoms with van der Waals surface area (Å²) in [6.45, 7) is 0. The van der Waals surface area contributed by atoms with E-state index in [0.717, 1.165) is 32.5 Å². The van der Waals surface area contributed by atoms with Gasteiger partial charge in [-0.15, -0.1) is 11.3 Å². The van der Waals surface area contributed by atoms with Crippen LogP contribution in [0.5, 0.6) is 5.75 Å². The standard InChI is InChI=1S/C25H16N2O2S/c1-29-19-8-6-17(7-9-19)22-10-11-23(30-22)25(28)21-14-18(15-26)24-20-5-3-2-4-16(20)12-13-27(21)24/h2-14H,1H3. The van der Waals surface area contributed by atoms with Gasteiger partial charge in [0.1, 0.15) is 11.8 Å². The van der Waals surface area contributed by atoms with E-state index in [1.54, 1.807) is 13.2 Å². The molecule has 0 radical (unpaired) electrons. The van der Waals surface area contributed by atoms with Crippen molar-refractivity contribution in [2.24, 2.45) is 0 Å². The van der Waals surface area contributed by atoms with Crippen molar-refractivity contribution in [3.05, 3.63) is 95.1 Å².